The Morgan fingerprint density at radius 2 is 2.00 bits per heavy atom. The SMILES string of the molecule is CC[C@@H](C)[C@@H](C)Nc1cccc(C)c1. The fourth-order valence-corrected chi connectivity index (χ4v) is 1.49. The molecule has 0 aliphatic heterocycles. The predicted molar refractivity (Wildman–Crippen MR) is 63.7 cm³/mol. The van der Waals surface area contributed by atoms with Crippen molar-refractivity contribution in [2.24, 2.45) is 5.92 Å². The monoisotopic (exact) mass is 191 g/mol. The molecule has 2 atom stereocenters. The summed E-state index contributed by atoms with van der Waals surface area (Å²) in [5.74, 6) is 0.718. The molecule has 0 amide bonds. The van der Waals surface area contributed by atoms with E-state index in [4.69, 9.17) is 0 Å². The summed E-state index contributed by atoms with van der Waals surface area (Å²) in [6.07, 6.45) is 1.22. The lowest BCUT2D eigenvalue weighted by Crippen LogP contribution is -2.23. The molecule has 0 radical (unpaired) electrons. The molecular weight excluding hydrogens is 170 g/mol. The largest absolute Gasteiger partial charge is 0.382 e. The number of benzene rings is 1. The van der Waals surface area contributed by atoms with Crippen molar-refractivity contribution in [2.75, 3.05) is 5.32 Å². The zero-order valence-corrected chi connectivity index (χ0v) is 9.67. The maximum atomic E-state index is 3.53. The van der Waals surface area contributed by atoms with Gasteiger partial charge in [-0.1, -0.05) is 32.4 Å². The van der Waals surface area contributed by atoms with E-state index in [2.05, 4.69) is 57.3 Å². The summed E-state index contributed by atoms with van der Waals surface area (Å²) in [6.45, 7) is 8.89. The maximum Gasteiger partial charge on any atom is 0.0344 e. The molecule has 1 N–H and O–H groups in total. The van der Waals surface area contributed by atoms with Crippen molar-refractivity contribution in [3.05, 3.63) is 29.8 Å². The van der Waals surface area contributed by atoms with Gasteiger partial charge in [0.1, 0.15) is 0 Å². The topological polar surface area (TPSA) is 12.0 Å². The van der Waals surface area contributed by atoms with Crippen molar-refractivity contribution >= 4 is 5.69 Å². The predicted octanol–water partition coefficient (Wildman–Crippen LogP) is 3.84. The van der Waals surface area contributed by atoms with Gasteiger partial charge in [-0.25, -0.2) is 0 Å². The van der Waals surface area contributed by atoms with Gasteiger partial charge in [0.05, 0.1) is 0 Å². The number of rotatable bonds is 4. The molecule has 0 aliphatic carbocycles. The third-order valence-corrected chi connectivity index (χ3v) is 2.91. The Balaban J connectivity index is 2.60. The molecule has 0 spiro atoms. The van der Waals surface area contributed by atoms with Gasteiger partial charge in [0, 0.05) is 11.7 Å². The van der Waals surface area contributed by atoms with E-state index >= 15 is 0 Å². The average Bonchev–Trinajstić information content (AvgIpc) is 2.16. The van der Waals surface area contributed by atoms with Crippen LogP contribution in [-0.2, 0) is 0 Å². The summed E-state index contributed by atoms with van der Waals surface area (Å²) < 4.78 is 0. The Labute approximate surface area is 87.5 Å². The van der Waals surface area contributed by atoms with Crippen LogP contribution in [0.5, 0.6) is 0 Å². The lowest BCUT2D eigenvalue weighted by atomic mass is 10.0. The average molecular weight is 191 g/mol. The van der Waals surface area contributed by atoms with Gasteiger partial charge in [0.15, 0.2) is 0 Å². The first-order chi connectivity index (χ1) is 6.63. The maximum absolute atomic E-state index is 3.53. The van der Waals surface area contributed by atoms with Crippen molar-refractivity contribution in [3.8, 4) is 0 Å². The lowest BCUT2D eigenvalue weighted by Gasteiger charge is -2.21. The van der Waals surface area contributed by atoms with Gasteiger partial charge in [-0.05, 0) is 37.5 Å². The minimum atomic E-state index is 0.543. The van der Waals surface area contributed by atoms with Crippen LogP contribution in [0.15, 0.2) is 24.3 Å². The number of hydrogen-bond donors (Lipinski definition) is 1. The number of hydrogen-bond acceptors (Lipinski definition) is 1. The highest BCUT2D eigenvalue weighted by Gasteiger charge is 2.09. The van der Waals surface area contributed by atoms with Crippen LogP contribution in [-0.4, -0.2) is 6.04 Å². The van der Waals surface area contributed by atoms with Gasteiger partial charge in [-0.3, -0.25) is 0 Å². The summed E-state index contributed by atoms with van der Waals surface area (Å²) in [5.41, 5.74) is 2.55. The van der Waals surface area contributed by atoms with Crippen molar-refractivity contribution < 1.29 is 0 Å². The summed E-state index contributed by atoms with van der Waals surface area (Å²) in [6, 6.07) is 9.09. The normalized spacial score (nSPS) is 14.9. The third-order valence-electron chi connectivity index (χ3n) is 2.91. The van der Waals surface area contributed by atoms with Crippen molar-refractivity contribution in [2.45, 2.75) is 40.2 Å². The summed E-state index contributed by atoms with van der Waals surface area (Å²) in [5, 5.41) is 3.53. The third kappa shape index (κ3) is 3.06. The molecule has 0 unspecified atom stereocenters. The molecule has 0 fully saturated rings. The second-order valence-electron chi connectivity index (χ2n) is 4.19. The van der Waals surface area contributed by atoms with Crippen LogP contribution in [0.4, 0.5) is 5.69 Å². The van der Waals surface area contributed by atoms with Gasteiger partial charge in [0.2, 0.25) is 0 Å². The lowest BCUT2D eigenvalue weighted by molar-refractivity contribution is 0.494. The van der Waals surface area contributed by atoms with Gasteiger partial charge in [0.25, 0.3) is 0 Å². The van der Waals surface area contributed by atoms with Gasteiger partial charge in [-0.2, -0.15) is 0 Å². The van der Waals surface area contributed by atoms with E-state index in [0.717, 1.165) is 5.92 Å². The highest BCUT2D eigenvalue weighted by atomic mass is 14.9. The van der Waals surface area contributed by atoms with E-state index in [1.54, 1.807) is 0 Å². The number of aryl methyl sites for hydroxylation is 1. The summed E-state index contributed by atoms with van der Waals surface area (Å²) in [4.78, 5) is 0. The van der Waals surface area contributed by atoms with Crippen LogP contribution in [0.2, 0.25) is 0 Å². The molecular formula is C13H21N. The Morgan fingerprint density at radius 1 is 1.29 bits per heavy atom. The minimum Gasteiger partial charge on any atom is -0.382 e. The zero-order valence-electron chi connectivity index (χ0n) is 9.67. The van der Waals surface area contributed by atoms with E-state index in [1.165, 1.54) is 17.7 Å². The van der Waals surface area contributed by atoms with Crippen molar-refractivity contribution in [1.29, 1.82) is 0 Å². The smallest absolute Gasteiger partial charge is 0.0344 e. The Morgan fingerprint density at radius 3 is 2.57 bits per heavy atom. The van der Waals surface area contributed by atoms with Crippen LogP contribution < -0.4 is 5.32 Å². The van der Waals surface area contributed by atoms with Crippen LogP contribution in [0.3, 0.4) is 0 Å². The second kappa shape index (κ2) is 5.04. The molecule has 0 saturated heterocycles. The van der Waals surface area contributed by atoms with Crippen LogP contribution in [0, 0.1) is 12.8 Å². The highest BCUT2D eigenvalue weighted by molar-refractivity contribution is 5.46. The van der Waals surface area contributed by atoms with E-state index in [0.29, 0.717) is 6.04 Å². The Bertz CT molecular complexity index is 280. The molecule has 78 valence electrons. The molecule has 14 heavy (non-hydrogen) atoms. The highest BCUT2D eigenvalue weighted by Crippen LogP contribution is 2.15. The number of nitrogens with one attached hydrogen (secondary N) is 1. The van der Waals surface area contributed by atoms with Crippen LogP contribution >= 0.6 is 0 Å². The van der Waals surface area contributed by atoms with Gasteiger partial charge in [-0.15, -0.1) is 0 Å². The van der Waals surface area contributed by atoms with Crippen LogP contribution in [0.1, 0.15) is 32.8 Å². The van der Waals surface area contributed by atoms with Crippen molar-refractivity contribution in [3.63, 3.8) is 0 Å². The molecule has 1 aromatic rings. The molecule has 0 saturated carbocycles. The molecule has 1 heteroatoms. The fraction of sp³-hybridized carbons (Fsp3) is 0.538. The Kier molecular flexibility index (Phi) is 3.99. The van der Waals surface area contributed by atoms with Crippen molar-refractivity contribution in [1.82, 2.24) is 0 Å². The van der Waals surface area contributed by atoms with E-state index < -0.39 is 0 Å². The zero-order chi connectivity index (χ0) is 10.6. The summed E-state index contributed by atoms with van der Waals surface area (Å²) in [7, 11) is 0. The summed E-state index contributed by atoms with van der Waals surface area (Å²) >= 11 is 0. The molecule has 1 nitrogen and oxygen atoms in total. The Hall–Kier alpha value is -0.980. The van der Waals surface area contributed by atoms with Gasteiger partial charge < -0.3 is 5.32 Å². The molecule has 0 aromatic heterocycles. The van der Waals surface area contributed by atoms with E-state index in [-0.39, 0.29) is 0 Å². The van der Waals surface area contributed by atoms with Crippen LogP contribution in [0.25, 0.3) is 0 Å². The minimum absolute atomic E-state index is 0.543. The molecule has 0 bridgehead atoms. The first-order valence-electron chi connectivity index (χ1n) is 5.46. The first kappa shape index (κ1) is 11.1. The van der Waals surface area contributed by atoms with E-state index in [1.807, 2.05) is 0 Å². The standard InChI is InChI=1S/C13H21N/c1-5-11(3)12(4)14-13-8-6-7-10(2)9-13/h6-9,11-12,14H,5H2,1-4H3/t11-,12-/m1/s1. The molecule has 0 aliphatic rings. The molecule has 1 rings (SSSR count). The molecule has 0 heterocycles. The first-order valence-corrected chi connectivity index (χ1v) is 5.46. The second-order valence-corrected chi connectivity index (χ2v) is 4.19. The fourth-order valence-electron chi connectivity index (χ4n) is 1.49. The van der Waals surface area contributed by atoms with Gasteiger partial charge >= 0.3 is 0 Å². The molecule has 1 aromatic carbocycles. The number of anilines is 1. The van der Waals surface area contributed by atoms with E-state index in [9.17, 15) is 0 Å². The quantitative estimate of drug-likeness (QED) is 0.762.